The van der Waals surface area contributed by atoms with E-state index in [1.54, 1.807) is 31.2 Å². The highest BCUT2D eigenvalue weighted by atomic mass is 16.5. The summed E-state index contributed by atoms with van der Waals surface area (Å²) in [4.78, 5) is 45.9. The van der Waals surface area contributed by atoms with Crippen LogP contribution in [0.4, 0.5) is 11.4 Å². The number of esters is 2. The Bertz CT molecular complexity index is 763. The van der Waals surface area contributed by atoms with Crippen molar-refractivity contribution in [3.63, 3.8) is 0 Å². The number of amides is 2. The second-order valence-corrected chi connectivity index (χ2v) is 5.61. The van der Waals surface area contributed by atoms with E-state index >= 15 is 0 Å². The fourth-order valence-corrected chi connectivity index (χ4v) is 1.87. The molecule has 2 rings (SSSR count). The Morgan fingerprint density at radius 2 is 1.37 bits per heavy atom. The van der Waals surface area contributed by atoms with Crippen LogP contribution in [-0.4, -0.2) is 36.5 Å². The molecule has 1 aromatic rings. The summed E-state index contributed by atoms with van der Waals surface area (Å²) < 4.78 is 9.65. The van der Waals surface area contributed by atoms with Crippen molar-refractivity contribution in [3.8, 4) is 0 Å². The zero-order valence-corrected chi connectivity index (χ0v) is 14.8. The summed E-state index contributed by atoms with van der Waals surface area (Å²) in [6.07, 6.45) is 6.01. The predicted octanol–water partition coefficient (Wildman–Crippen LogP) is 1.94. The van der Waals surface area contributed by atoms with Gasteiger partial charge >= 0.3 is 11.9 Å². The van der Waals surface area contributed by atoms with E-state index in [2.05, 4.69) is 15.4 Å². The summed E-state index contributed by atoms with van der Waals surface area (Å²) in [5.41, 5.74) is 0.968. The quantitative estimate of drug-likeness (QED) is 0.533. The van der Waals surface area contributed by atoms with E-state index in [4.69, 9.17) is 4.74 Å². The van der Waals surface area contributed by atoms with Crippen molar-refractivity contribution < 1.29 is 28.7 Å². The predicted molar refractivity (Wildman–Crippen MR) is 97.7 cm³/mol. The van der Waals surface area contributed by atoms with Crippen LogP contribution in [0.3, 0.4) is 0 Å². The molecule has 1 aliphatic carbocycles. The molecule has 1 fully saturated rings. The average molecular weight is 372 g/mol. The van der Waals surface area contributed by atoms with Crippen LogP contribution in [0.25, 0.3) is 0 Å². The molecule has 8 nitrogen and oxygen atoms in total. The average Bonchev–Trinajstić information content (AvgIpc) is 3.44. The summed E-state index contributed by atoms with van der Waals surface area (Å²) >= 11 is 0. The van der Waals surface area contributed by atoms with E-state index in [9.17, 15) is 19.2 Å². The van der Waals surface area contributed by atoms with Crippen molar-refractivity contribution >= 4 is 35.1 Å². The number of ether oxygens (including phenoxy) is 2. The minimum absolute atomic E-state index is 0.0138. The number of hydrogen-bond acceptors (Lipinski definition) is 6. The Hall–Kier alpha value is -3.42. The standard InChI is InChI=1S/C19H20N2O6/c1-2-26-18(24)11-9-16(22)20-13-3-5-14(6-4-13)21-17(23)10-12-19(25)27-15-7-8-15/h3-6,9-12,15H,2,7-8H2,1H3,(H,20,22)(H,21,23)/b11-9-,12-10-. The lowest BCUT2D eigenvalue weighted by atomic mass is 10.2. The van der Waals surface area contributed by atoms with Gasteiger partial charge in [0.25, 0.3) is 0 Å². The number of carbonyl (C=O) groups excluding carboxylic acids is 4. The van der Waals surface area contributed by atoms with E-state index in [0.29, 0.717) is 11.4 Å². The van der Waals surface area contributed by atoms with Crippen molar-refractivity contribution in [2.75, 3.05) is 17.2 Å². The molecule has 0 aromatic heterocycles. The van der Waals surface area contributed by atoms with Gasteiger partial charge in [0.15, 0.2) is 0 Å². The lowest BCUT2D eigenvalue weighted by Crippen LogP contribution is -2.11. The van der Waals surface area contributed by atoms with Crippen LogP contribution in [0.15, 0.2) is 48.6 Å². The van der Waals surface area contributed by atoms with Gasteiger partial charge in [-0.2, -0.15) is 0 Å². The first-order valence-electron chi connectivity index (χ1n) is 8.42. The van der Waals surface area contributed by atoms with Gasteiger partial charge in [-0.15, -0.1) is 0 Å². The molecule has 0 atom stereocenters. The second-order valence-electron chi connectivity index (χ2n) is 5.61. The molecule has 2 N–H and O–H groups in total. The number of nitrogens with one attached hydrogen (secondary N) is 2. The van der Waals surface area contributed by atoms with E-state index in [0.717, 1.165) is 37.1 Å². The number of benzene rings is 1. The normalized spacial score (nSPS) is 13.4. The molecule has 0 saturated heterocycles. The number of hydrogen-bond donors (Lipinski definition) is 2. The van der Waals surface area contributed by atoms with Crippen LogP contribution >= 0.6 is 0 Å². The van der Waals surface area contributed by atoms with Gasteiger partial charge in [0.1, 0.15) is 6.10 Å². The van der Waals surface area contributed by atoms with E-state index in [1.165, 1.54) is 0 Å². The molecule has 142 valence electrons. The largest absolute Gasteiger partial charge is 0.463 e. The SMILES string of the molecule is CCOC(=O)/C=C\C(=O)Nc1ccc(NC(=O)/C=C\C(=O)OC2CC2)cc1. The zero-order chi connectivity index (χ0) is 19.6. The highest BCUT2D eigenvalue weighted by Crippen LogP contribution is 2.23. The molecule has 0 unspecified atom stereocenters. The van der Waals surface area contributed by atoms with E-state index in [1.807, 2.05) is 0 Å². The molecule has 8 heteroatoms. The summed E-state index contributed by atoms with van der Waals surface area (Å²) in [7, 11) is 0. The van der Waals surface area contributed by atoms with Crippen LogP contribution in [-0.2, 0) is 28.7 Å². The Labute approximate surface area is 156 Å². The molecule has 1 aliphatic rings. The second kappa shape index (κ2) is 9.91. The van der Waals surface area contributed by atoms with Crippen LogP contribution in [0.2, 0.25) is 0 Å². The first-order valence-corrected chi connectivity index (χ1v) is 8.42. The van der Waals surface area contributed by atoms with Crippen molar-refractivity contribution in [3.05, 3.63) is 48.6 Å². The topological polar surface area (TPSA) is 111 Å². The smallest absolute Gasteiger partial charge is 0.331 e. The molecule has 0 heterocycles. The molecular weight excluding hydrogens is 352 g/mol. The number of anilines is 2. The first kappa shape index (κ1) is 19.9. The maximum absolute atomic E-state index is 11.8. The molecule has 1 aromatic carbocycles. The monoisotopic (exact) mass is 372 g/mol. The zero-order valence-electron chi connectivity index (χ0n) is 14.8. The lowest BCUT2D eigenvalue weighted by molar-refractivity contribution is -0.139. The van der Waals surface area contributed by atoms with Gasteiger partial charge in [0.05, 0.1) is 6.61 Å². The maximum Gasteiger partial charge on any atom is 0.331 e. The molecule has 0 spiro atoms. The Balaban J connectivity index is 1.79. The molecule has 2 amide bonds. The van der Waals surface area contributed by atoms with Crippen molar-refractivity contribution in [2.24, 2.45) is 0 Å². The summed E-state index contributed by atoms with van der Waals surface area (Å²) in [6.45, 7) is 1.90. The Kier molecular flexibility index (Phi) is 7.30. The molecule has 0 aliphatic heterocycles. The molecule has 0 bridgehead atoms. The first-order chi connectivity index (χ1) is 13.0. The number of rotatable bonds is 8. The van der Waals surface area contributed by atoms with Gasteiger partial charge in [0.2, 0.25) is 11.8 Å². The van der Waals surface area contributed by atoms with Gasteiger partial charge in [-0.3, -0.25) is 9.59 Å². The van der Waals surface area contributed by atoms with Crippen LogP contribution in [0.5, 0.6) is 0 Å². The van der Waals surface area contributed by atoms with Gasteiger partial charge in [0, 0.05) is 35.7 Å². The molecule has 0 radical (unpaired) electrons. The van der Waals surface area contributed by atoms with Gasteiger partial charge < -0.3 is 20.1 Å². The lowest BCUT2D eigenvalue weighted by Gasteiger charge is -2.05. The summed E-state index contributed by atoms with van der Waals surface area (Å²) in [5, 5.41) is 5.14. The maximum atomic E-state index is 11.8. The van der Waals surface area contributed by atoms with E-state index in [-0.39, 0.29) is 12.7 Å². The highest BCUT2D eigenvalue weighted by molar-refractivity contribution is 6.04. The molecule has 1 saturated carbocycles. The third-order valence-corrected chi connectivity index (χ3v) is 3.26. The van der Waals surface area contributed by atoms with E-state index < -0.39 is 23.8 Å². The van der Waals surface area contributed by atoms with Crippen molar-refractivity contribution in [2.45, 2.75) is 25.9 Å². The summed E-state index contributed by atoms with van der Waals surface area (Å²) in [5.74, 6) is -2.10. The van der Waals surface area contributed by atoms with Gasteiger partial charge in [-0.05, 0) is 44.0 Å². The van der Waals surface area contributed by atoms with Crippen molar-refractivity contribution in [1.29, 1.82) is 0 Å². The van der Waals surface area contributed by atoms with Crippen LogP contribution < -0.4 is 10.6 Å². The summed E-state index contributed by atoms with van der Waals surface area (Å²) in [6, 6.07) is 6.32. The highest BCUT2D eigenvalue weighted by Gasteiger charge is 2.24. The van der Waals surface area contributed by atoms with Gasteiger partial charge in [-0.1, -0.05) is 0 Å². The van der Waals surface area contributed by atoms with Crippen molar-refractivity contribution in [1.82, 2.24) is 0 Å². The number of carbonyl (C=O) groups is 4. The molecule has 27 heavy (non-hydrogen) atoms. The fraction of sp³-hybridized carbons (Fsp3) is 0.263. The third-order valence-electron chi connectivity index (χ3n) is 3.26. The van der Waals surface area contributed by atoms with Gasteiger partial charge in [-0.25, -0.2) is 9.59 Å². The minimum Gasteiger partial charge on any atom is -0.463 e. The minimum atomic E-state index is -0.597. The fourth-order valence-electron chi connectivity index (χ4n) is 1.87. The molecular formula is C19H20N2O6. The third kappa shape index (κ3) is 8.00. The Morgan fingerprint density at radius 1 is 0.889 bits per heavy atom. The van der Waals surface area contributed by atoms with Crippen LogP contribution in [0, 0.1) is 0 Å². The van der Waals surface area contributed by atoms with Crippen LogP contribution in [0.1, 0.15) is 19.8 Å². The Morgan fingerprint density at radius 3 is 1.81 bits per heavy atom.